The zero-order chi connectivity index (χ0) is 11.5. The van der Waals surface area contributed by atoms with E-state index in [0.29, 0.717) is 12.0 Å². The number of para-hydroxylation sites is 1. The van der Waals surface area contributed by atoms with E-state index in [1.165, 1.54) is 16.6 Å². The molecule has 2 atom stereocenters. The fourth-order valence-corrected chi connectivity index (χ4v) is 2.85. The lowest BCUT2D eigenvalue weighted by Crippen LogP contribution is -2.06. The van der Waals surface area contributed by atoms with Gasteiger partial charge in [-0.2, -0.15) is 0 Å². The van der Waals surface area contributed by atoms with Crippen molar-refractivity contribution in [3.63, 3.8) is 0 Å². The van der Waals surface area contributed by atoms with Crippen LogP contribution in [0.15, 0.2) is 30.3 Å². The molecule has 0 radical (unpaired) electrons. The summed E-state index contributed by atoms with van der Waals surface area (Å²) in [5, 5.41) is 1.31. The molecule has 0 amide bonds. The SMILES string of the molecule is Cn1c([C@H]2[C@H](N)C2(C)C)cc2ccccc21. The molecule has 0 unspecified atom stereocenters. The van der Waals surface area contributed by atoms with Gasteiger partial charge in [-0.1, -0.05) is 32.0 Å². The van der Waals surface area contributed by atoms with E-state index in [9.17, 15) is 0 Å². The Morgan fingerprint density at radius 3 is 2.44 bits per heavy atom. The summed E-state index contributed by atoms with van der Waals surface area (Å²) in [6.45, 7) is 4.50. The molecule has 1 aliphatic rings. The Bertz CT molecular complexity index is 551. The van der Waals surface area contributed by atoms with Crippen LogP contribution in [-0.2, 0) is 7.05 Å². The summed E-state index contributed by atoms with van der Waals surface area (Å²) in [4.78, 5) is 0. The number of aryl methyl sites for hydroxylation is 1. The van der Waals surface area contributed by atoms with Crippen molar-refractivity contribution in [3.05, 3.63) is 36.0 Å². The van der Waals surface area contributed by atoms with E-state index in [-0.39, 0.29) is 5.41 Å². The van der Waals surface area contributed by atoms with Crippen LogP contribution in [0.5, 0.6) is 0 Å². The molecule has 0 aliphatic heterocycles. The minimum atomic E-state index is 0.252. The van der Waals surface area contributed by atoms with E-state index in [0.717, 1.165) is 0 Å². The summed E-state index contributed by atoms with van der Waals surface area (Å²) in [5.41, 5.74) is 9.08. The van der Waals surface area contributed by atoms with Gasteiger partial charge in [0.15, 0.2) is 0 Å². The van der Waals surface area contributed by atoms with E-state index in [2.05, 4.69) is 55.8 Å². The fraction of sp³-hybridized carbons (Fsp3) is 0.429. The standard InChI is InChI=1S/C14H18N2/c1-14(2)12(13(14)15)11-8-9-6-4-5-7-10(9)16(11)3/h4-8,12-13H,15H2,1-3H3/t12-,13-/m0/s1. The zero-order valence-corrected chi connectivity index (χ0v) is 10.1. The molecule has 0 saturated heterocycles. The van der Waals surface area contributed by atoms with Crippen LogP contribution in [-0.4, -0.2) is 10.6 Å². The van der Waals surface area contributed by atoms with E-state index in [1.807, 2.05) is 0 Å². The molecule has 1 aliphatic carbocycles. The van der Waals surface area contributed by atoms with Crippen LogP contribution in [0.2, 0.25) is 0 Å². The summed E-state index contributed by atoms with van der Waals surface area (Å²) in [7, 11) is 2.14. The van der Waals surface area contributed by atoms with Crippen molar-refractivity contribution in [1.82, 2.24) is 4.57 Å². The van der Waals surface area contributed by atoms with Crippen molar-refractivity contribution in [2.75, 3.05) is 0 Å². The highest BCUT2D eigenvalue weighted by Crippen LogP contribution is 2.57. The zero-order valence-electron chi connectivity index (χ0n) is 10.1. The molecule has 2 heteroatoms. The first-order valence-corrected chi connectivity index (χ1v) is 5.83. The van der Waals surface area contributed by atoms with Gasteiger partial charge >= 0.3 is 0 Å². The van der Waals surface area contributed by atoms with E-state index < -0.39 is 0 Å². The van der Waals surface area contributed by atoms with E-state index in [1.54, 1.807) is 0 Å². The maximum absolute atomic E-state index is 6.15. The summed E-state index contributed by atoms with van der Waals surface area (Å²) < 4.78 is 2.29. The Hall–Kier alpha value is -1.28. The number of hydrogen-bond acceptors (Lipinski definition) is 1. The van der Waals surface area contributed by atoms with Gasteiger partial charge in [0.1, 0.15) is 0 Å². The van der Waals surface area contributed by atoms with Gasteiger partial charge in [-0.3, -0.25) is 0 Å². The maximum Gasteiger partial charge on any atom is 0.0479 e. The lowest BCUT2D eigenvalue weighted by atomic mass is 10.1. The van der Waals surface area contributed by atoms with Gasteiger partial charge < -0.3 is 10.3 Å². The molecule has 2 aromatic rings. The Balaban J connectivity index is 2.16. The number of benzene rings is 1. The van der Waals surface area contributed by atoms with Gasteiger partial charge in [-0.05, 0) is 22.9 Å². The molecule has 1 aromatic carbocycles. The second kappa shape index (κ2) is 2.89. The van der Waals surface area contributed by atoms with Crippen molar-refractivity contribution in [1.29, 1.82) is 0 Å². The van der Waals surface area contributed by atoms with Crippen LogP contribution in [0.3, 0.4) is 0 Å². The fourth-order valence-electron chi connectivity index (χ4n) is 2.85. The van der Waals surface area contributed by atoms with Crippen LogP contribution in [0.4, 0.5) is 0 Å². The average Bonchev–Trinajstić information content (AvgIpc) is 2.60. The highest BCUT2D eigenvalue weighted by Gasteiger charge is 2.57. The molecular formula is C14H18N2. The maximum atomic E-state index is 6.15. The number of aromatic nitrogens is 1. The van der Waals surface area contributed by atoms with E-state index >= 15 is 0 Å². The second-order valence-corrected chi connectivity index (χ2v) is 5.51. The second-order valence-electron chi connectivity index (χ2n) is 5.51. The molecule has 1 heterocycles. The van der Waals surface area contributed by atoms with Gasteiger partial charge in [0.05, 0.1) is 0 Å². The molecule has 0 bridgehead atoms. The number of hydrogen-bond donors (Lipinski definition) is 1. The quantitative estimate of drug-likeness (QED) is 0.777. The van der Waals surface area contributed by atoms with Crippen LogP contribution in [0.1, 0.15) is 25.5 Å². The lowest BCUT2D eigenvalue weighted by Gasteiger charge is -2.05. The number of nitrogens with two attached hydrogens (primary N) is 1. The summed E-state index contributed by atoms with van der Waals surface area (Å²) in [6, 6.07) is 11.1. The van der Waals surface area contributed by atoms with Gasteiger partial charge in [0.2, 0.25) is 0 Å². The first kappa shape index (κ1) is 9.91. The molecule has 2 nitrogen and oxygen atoms in total. The topological polar surface area (TPSA) is 30.9 Å². The van der Waals surface area contributed by atoms with Crippen molar-refractivity contribution in [2.45, 2.75) is 25.8 Å². The number of fused-ring (bicyclic) bond motifs is 1. The van der Waals surface area contributed by atoms with Crippen molar-refractivity contribution in [3.8, 4) is 0 Å². The van der Waals surface area contributed by atoms with Gasteiger partial charge in [-0.15, -0.1) is 0 Å². The van der Waals surface area contributed by atoms with Crippen LogP contribution in [0, 0.1) is 5.41 Å². The van der Waals surface area contributed by atoms with Gasteiger partial charge in [0, 0.05) is 30.2 Å². The van der Waals surface area contributed by atoms with Crippen LogP contribution < -0.4 is 5.73 Å². The van der Waals surface area contributed by atoms with E-state index in [4.69, 9.17) is 5.73 Å². The molecule has 1 fully saturated rings. The molecule has 84 valence electrons. The highest BCUT2D eigenvalue weighted by molar-refractivity contribution is 5.81. The lowest BCUT2D eigenvalue weighted by molar-refractivity contribution is 0.590. The monoisotopic (exact) mass is 214 g/mol. The smallest absolute Gasteiger partial charge is 0.0479 e. The first-order valence-electron chi connectivity index (χ1n) is 5.83. The third-order valence-electron chi connectivity index (χ3n) is 4.22. The predicted octanol–water partition coefficient (Wildman–Crippen LogP) is 2.63. The van der Waals surface area contributed by atoms with Gasteiger partial charge in [0.25, 0.3) is 0 Å². The predicted molar refractivity (Wildman–Crippen MR) is 67.4 cm³/mol. The molecule has 1 aromatic heterocycles. The molecule has 3 rings (SSSR count). The third-order valence-corrected chi connectivity index (χ3v) is 4.22. The Morgan fingerprint density at radius 1 is 1.25 bits per heavy atom. The Morgan fingerprint density at radius 2 is 1.88 bits per heavy atom. The Kier molecular flexibility index (Phi) is 1.79. The summed E-state index contributed by atoms with van der Waals surface area (Å²) in [5.74, 6) is 0.505. The summed E-state index contributed by atoms with van der Waals surface area (Å²) >= 11 is 0. The normalized spacial score (nSPS) is 27.2. The highest BCUT2D eigenvalue weighted by atomic mass is 15.0. The first-order chi connectivity index (χ1) is 7.53. The Labute approximate surface area is 96.1 Å². The minimum absolute atomic E-state index is 0.252. The molecule has 2 N–H and O–H groups in total. The average molecular weight is 214 g/mol. The number of rotatable bonds is 1. The molecule has 16 heavy (non-hydrogen) atoms. The van der Waals surface area contributed by atoms with Crippen molar-refractivity contribution >= 4 is 10.9 Å². The van der Waals surface area contributed by atoms with Crippen molar-refractivity contribution in [2.24, 2.45) is 18.2 Å². The molecule has 0 spiro atoms. The largest absolute Gasteiger partial charge is 0.347 e. The summed E-state index contributed by atoms with van der Waals surface area (Å²) in [6.07, 6.45) is 0. The number of nitrogens with zero attached hydrogens (tertiary/aromatic N) is 1. The van der Waals surface area contributed by atoms with Crippen molar-refractivity contribution < 1.29 is 0 Å². The molecular weight excluding hydrogens is 196 g/mol. The van der Waals surface area contributed by atoms with Crippen LogP contribution in [0.25, 0.3) is 10.9 Å². The van der Waals surface area contributed by atoms with Gasteiger partial charge in [-0.25, -0.2) is 0 Å². The van der Waals surface area contributed by atoms with Crippen LogP contribution >= 0.6 is 0 Å². The third kappa shape index (κ3) is 1.11. The minimum Gasteiger partial charge on any atom is -0.347 e. The molecule has 1 saturated carbocycles.